The second-order valence-corrected chi connectivity index (χ2v) is 10.6. The van der Waals surface area contributed by atoms with Crippen molar-refractivity contribution in [3.05, 3.63) is 96.6 Å². The van der Waals surface area contributed by atoms with Crippen LogP contribution < -0.4 is 10.4 Å². The van der Waals surface area contributed by atoms with Gasteiger partial charge in [0, 0.05) is 0 Å². The molecule has 1 aliphatic rings. The molecule has 0 bridgehead atoms. The van der Waals surface area contributed by atoms with Crippen molar-refractivity contribution in [2.45, 2.75) is 25.5 Å². The predicted octanol–water partition coefficient (Wildman–Crippen LogP) is 4.54. The number of hydrogen-bond donors (Lipinski definition) is 0. The fourth-order valence-corrected chi connectivity index (χ4v) is 8.60. The zero-order chi connectivity index (χ0) is 17.1. The Balaban J connectivity index is 1.83. The van der Waals surface area contributed by atoms with Crippen LogP contribution in [0.2, 0.25) is 6.04 Å². The minimum atomic E-state index is -2.24. The van der Waals surface area contributed by atoms with Gasteiger partial charge in [0.2, 0.25) is 0 Å². The Kier molecular flexibility index (Phi) is 4.56. The largest absolute Gasteiger partial charge is 0.401 e. The molecule has 0 aromatic heterocycles. The fraction of sp³-hybridized carbons (Fsp3) is 0.217. The normalized spacial score (nSPS) is 22.4. The predicted molar refractivity (Wildman–Crippen MR) is 107 cm³/mol. The Hall–Kier alpha value is -2.16. The van der Waals surface area contributed by atoms with Gasteiger partial charge in [-0.25, -0.2) is 0 Å². The summed E-state index contributed by atoms with van der Waals surface area (Å²) in [7, 11) is -2.24. The van der Waals surface area contributed by atoms with E-state index in [-0.39, 0.29) is 6.10 Å². The van der Waals surface area contributed by atoms with Crippen molar-refractivity contribution < 1.29 is 4.43 Å². The van der Waals surface area contributed by atoms with Gasteiger partial charge in [0.25, 0.3) is 8.32 Å². The number of rotatable bonds is 3. The summed E-state index contributed by atoms with van der Waals surface area (Å²) in [6, 6.07) is 33.7. The highest BCUT2D eigenvalue weighted by molar-refractivity contribution is 6.97. The zero-order valence-electron chi connectivity index (χ0n) is 14.6. The van der Waals surface area contributed by atoms with Crippen LogP contribution >= 0.6 is 0 Å². The molecular formula is C23H24OSi. The third-order valence-electron chi connectivity index (χ3n) is 5.25. The van der Waals surface area contributed by atoms with Gasteiger partial charge >= 0.3 is 0 Å². The average Bonchev–Trinajstić information content (AvgIpc) is 2.69. The lowest BCUT2D eigenvalue weighted by Gasteiger charge is -2.43. The smallest absolute Gasteiger partial charge is 0.256 e. The molecule has 1 fully saturated rings. The maximum absolute atomic E-state index is 7.04. The summed E-state index contributed by atoms with van der Waals surface area (Å²) in [5.74, 6) is 0.644. The molecule has 0 spiro atoms. The molecule has 25 heavy (non-hydrogen) atoms. The van der Waals surface area contributed by atoms with Crippen LogP contribution in [0.3, 0.4) is 0 Å². The van der Waals surface area contributed by atoms with Gasteiger partial charge in [-0.2, -0.15) is 0 Å². The average molecular weight is 345 g/mol. The molecular weight excluding hydrogens is 320 g/mol. The van der Waals surface area contributed by atoms with Gasteiger partial charge in [0.1, 0.15) is 0 Å². The van der Waals surface area contributed by atoms with Gasteiger partial charge in [0.05, 0.1) is 6.10 Å². The van der Waals surface area contributed by atoms with Crippen molar-refractivity contribution in [1.82, 2.24) is 0 Å². The maximum Gasteiger partial charge on any atom is 0.256 e. The Morgan fingerprint density at radius 2 is 1.20 bits per heavy atom. The molecule has 3 aromatic carbocycles. The summed E-state index contributed by atoms with van der Waals surface area (Å²) in [6.45, 7) is 2.38. The molecule has 4 rings (SSSR count). The fourth-order valence-electron chi connectivity index (χ4n) is 4.10. The maximum atomic E-state index is 7.04. The minimum Gasteiger partial charge on any atom is -0.401 e. The van der Waals surface area contributed by atoms with Crippen LogP contribution in [0.15, 0.2) is 91.0 Å². The molecule has 1 saturated heterocycles. The first-order chi connectivity index (χ1) is 12.3. The second-order valence-electron chi connectivity index (χ2n) is 7.12. The lowest BCUT2D eigenvalue weighted by atomic mass is 9.99. The highest BCUT2D eigenvalue weighted by atomic mass is 28.4. The van der Waals surface area contributed by atoms with Crippen molar-refractivity contribution in [2.75, 3.05) is 0 Å². The van der Waals surface area contributed by atoms with Gasteiger partial charge < -0.3 is 4.43 Å². The summed E-state index contributed by atoms with van der Waals surface area (Å²) >= 11 is 0. The Bertz CT molecular complexity index is 762. The van der Waals surface area contributed by atoms with E-state index in [2.05, 4.69) is 97.9 Å². The highest BCUT2D eigenvalue weighted by Crippen LogP contribution is 2.38. The van der Waals surface area contributed by atoms with Gasteiger partial charge in [-0.15, -0.1) is 0 Å². The first-order valence-corrected chi connectivity index (χ1v) is 11.2. The van der Waals surface area contributed by atoms with E-state index in [1.54, 1.807) is 0 Å². The van der Waals surface area contributed by atoms with Crippen LogP contribution in [0.25, 0.3) is 0 Å². The van der Waals surface area contributed by atoms with E-state index in [9.17, 15) is 0 Å². The Morgan fingerprint density at radius 3 is 1.72 bits per heavy atom. The molecule has 1 heterocycles. The van der Waals surface area contributed by atoms with E-state index in [0.717, 1.165) is 12.5 Å². The molecule has 2 atom stereocenters. The zero-order valence-corrected chi connectivity index (χ0v) is 15.6. The highest BCUT2D eigenvalue weighted by Gasteiger charge is 2.46. The van der Waals surface area contributed by atoms with Crippen LogP contribution in [-0.2, 0) is 4.43 Å². The van der Waals surface area contributed by atoms with Crippen molar-refractivity contribution >= 4 is 18.7 Å². The summed E-state index contributed by atoms with van der Waals surface area (Å²) < 4.78 is 7.04. The molecule has 0 unspecified atom stereocenters. The Morgan fingerprint density at radius 1 is 0.720 bits per heavy atom. The first kappa shape index (κ1) is 16.3. The van der Waals surface area contributed by atoms with Gasteiger partial charge in [-0.05, 0) is 34.3 Å². The van der Waals surface area contributed by atoms with Crippen LogP contribution in [0, 0.1) is 5.92 Å². The Labute approximate surface area is 151 Å². The molecule has 0 radical (unpaired) electrons. The van der Waals surface area contributed by atoms with E-state index >= 15 is 0 Å². The molecule has 1 aliphatic heterocycles. The lowest BCUT2D eigenvalue weighted by molar-refractivity contribution is 0.146. The monoisotopic (exact) mass is 344 g/mol. The van der Waals surface area contributed by atoms with E-state index in [1.165, 1.54) is 15.9 Å². The summed E-state index contributed by atoms with van der Waals surface area (Å²) in [4.78, 5) is 0. The van der Waals surface area contributed by atoms with Crippen molar-refractivity contribution in [1.29, 1.82) is 0 Å². The molecule has 2 heteroatoms. The molecule has 126 valence electrons. The third kappa shape index (κ3) is 3.20. The topological polar surface area (TPSA) is 9.23 Å². The number of benzene rings is 3. The molecule has 0 N–H and O–H groups in total. The SMILES string of the molecule is C[C@@H]1C[C@@H](c2ccccc2)O[Si](c2ccccc2)(c2ccccc2)C1. The van der Waals surface area contributed by atoms with Crippen molar-refractivity contribution in [2.24, 2.45) is 5.92 Å². The van der Waals surface area contributed by atoms with Crippen LogP contribution in [-0.4, -0.2) is 8.32 Å². The summed E-state index contributed by atoms with van der Waals surface area (Å²) in [5, 5.41) is 2.77. The third-order valence-corrected chi connectivity index (χ3v) is 9.74. The van der Waals surface area contributed by atoms with E-state index in [1.807, 2.05) is 0 Å². The van der Waals surface area contributed by atoms with Gasteiger partial charge in [0.15, 0.2) is 0 Å². The first-order valence-electron chi connectivity index (χ1n) is 9.12. The number of hydrogen-bond acceptors (Lipinski definition) is 1. The van der Waals surface area contributed by atoms with Crippen LogP contribution in [0.4, 0.5) is 0 Å². The molecule has 3 aromatic rings. The molecule has 0 amide bonds. The van der Waals surface area contributed by atoms with E-state index in [0.29, 0.717) is 5.92 Å². The van der Waals surface area contributed by atoms with Crippen LogP contribution in [0.5, 0.6) is 0 Å². The van der Waals surface area contributed by atoms with Gasteiger partial charge in [-0.1, -0.05) is 97.9 Å². The van der Waals surface area contributed by atoms with Crippen molar-refractivity contribution in [3.63, 3.8) is 0 Å². The minimum absolute atomic E-state index is 0.178. The van der Waals surface area contributed by atoms with Crippen molar-refractivity contribution in [3.8, 4) is 0 Å². The lowest BCUT2D eigenvalue weighted by Crippen LogP contribution is -2.63. The molecule has 0 saturated carbocycles. The molecule has 1 nitrogen and oxygen atoms in total. The molecule has 0 aliphatic carbocycles. The van der Waals surface area contributed by atoms with E-state index in [4.69, 9.17) is 4.43 Å². The van der Waals surface area contributed by atoms with E-state index < -0.39 is 8.32 Å². The quantitative estimate of drug-likeness (QED) is 0.634. The van der Waals surface area contributed by atoms with Crippen LogP contribution in [0.1, 0.15) is 25.0 Å². The second kappa shape index (κ2) is 6.99. The standard InChI is InChI=1S/C23H24OSi/c1-19-17-23(20-11-5-2-6-12-20)24-25(18-19,21-13-7-3-8-14-21)22-15-9-4-10-16-22/h2-16,19,23H,17-18H2,1H3/t19-,23+/m1/s1. The summed E-state index contributed by atoms with van der Waals surface area (Å²) in [5.41, 5.74) is 1.30. The summed E-state index contributed by atoms with van der Waals surface area (Å²) in [6.07, 6.45) is 1.27. The van der Waals surface area contributed by atoms with Gasteiger partial charge in [-0.3, -0.25) is 0 Å².